The molecule has 1 unspecified atom stereocenters. The van der Waals surface area contributed by atoms with E-state index in [2.05, 4.69) is 25.4 Å². The predicted octanol–water partition coefficient (Wildman–Crippen LogP) is 0.476. The van der Waals surface area contributed by atoms with Gasteiger partial charge in [0.05, 0.1) is 6.61 Å². The highest BCUT2D eigenvalue weighted by Crippen LogP contribution is 2.07. The van der Waals surface area contributed by atoms with Crippen molar-refractivity contribution in [1.29, 1.82) is 0 Å². The molecule has 0 amide bonds. The number of nitrogens with zero attached hydrogens (tertiary/aromatic N) is 5. The van der Waals surface area contributed by atoms with Gasteiger partial charge >= 0.3 is 0 Å². The van der Waals surface area contributed by atoms with Crippen molar-refractivity contribution < 1.29 is 4.74 Å². The highest BCUT2D eigenvalue weighted by molar-refractivity contribution is 5.35. The molecule has 0 radical (unpaired) electrons. The van der Waals surface area contributed by atoms with E-state index in [-0.39, 0.29) is 12.0 Å². The Bertz CT molecular complexity index is 514. The van der Waals surface area contributed by atoms with Crippen molar-refractivity contribution in [3.63, 3.8) is 0 Å². The minimum Gasteiger partial charge on any atom is -0.380 e. The van der Waals surface area contributed by atoms with Crippen molar-refractivity contribution >= 4 is 11.9 Å². The van der Waals surface area contributed by atoms with Crippen LogP contribution < -0.4 is 11.1 Å². The van der Waals surface area contributed by atoms with Crippen LogP contribution in [0.5, 0.6) is 0 Å². The lowest BCUT2D eigenvalue weighted by atomic mass is 10.4. The maximum absolute atomic E-state index is 5.67. The smallest absolute Gasteiger partial charge is 0.257 e. The molecule has 2 aromatic heterocycles. The third-order valence-electron chi connectivity index (χ3n) is 2.30. The first-order chi connectivity index (χ1) is 9.19. The van der Waals surface area contributed by atoms with E-state index < -0.39 is 0 Å². The fourth-order valence-electron chi connectivity index (χ4n) is 1.49. The summed E-state index contributed by atoms with van der Waals surface area (Å²) in [4.78, 5) is 12.3. The quantitative estimate of drug-likeness (QED) is 0.780. The molecule has 0 bridgehead atoms. The van der Waals surface area contributed by atoms with Crippen LogP contribution in [0, 0.1) is 0 Å². The molecule has 0 saturated heterocycles. The predicted molar refractivity (Wildman–Crippen MR) is 70.9 cm³/mol. The average molecular weight is 263 g/mol. The number of rotatable bonds is 6. The van der Waals surface area contributed by atoms with E-state index in [1.165, 1.54) is 4.68 Å². The summed E-state index contributed by atoms with van der Waals surface area (Å²) in [5, 5.41) is 7.16. The van der Waals surface area contributed by atoms with E-state index in [1.807, 2.05) is 13.8 Å². The molecular weight excluding hydrogens is 246 g/mol. The molecule has 8 heteroatoms. The van der Waals surface area contributed by atoms with E-state index in [0.29, 0.717) is 25.1 Å². The monoisotopic (exact) mass is 263 g/mol. The Morgan fingerprint density at radius 3 is 2.95 bits per heavy atom. The van der Waals surface area contributed by atoms with E-state index >= 15 is 0 Å². The molecular formula is C11H17N7O. The van der Waals surface area contributed by atoms with Crippen molar-refractivity contribution in [3.05, 3.63) is 18.5 Å². The van der Waals surface area contributed by atoms with Gasteiger partial charge < -0.3 is 15.8 Å². The largest absolute Gasteiger partial charge is 0.380 e. The third-order valence-corrected chi connectivity index (χ3v) is 2.30. The summed E-state index contributed by atoms with van der Waals surface area (Å²) in [6.07, 6.45) is 3.38. The molecule has 0 spiro atoms. The highest BCUT2D eigenvalue weighted by Gasteiger charge is 2.09. The Hall–Kier alpha value is -2.22. The molecule has 8 nitrogen and oxygen atoms in total. The van der Waals surface area contributed by atoms with Crippen LogP contribution in [-0.2, 0) is 4.74 Å². The molecule has 0 aromatic carbocycles. The van der Waals surface area contributed by atoms with Gasteiger partial charge in [-0.3, -0.25) is 0 Å². The lowest BCUT2D eigenvalue weighted by Crippen LogP contribution is -2.24. The second-order valence-electron chi connectivity index (χ2n) is 3.97. The van der Waals surface area contributed by atoms with Gasteiger partial charge in [0.15, 0.2) is 0 Å². The van der Waals surface area contributed by atoms with Gasteiger partial charge in [-0.1, -0.05) is 0 Å². The third kappa shape index (κ3) is 3.62. The van der Waals surface area contributed by atoms with Crippen LogP contribution >= 0.6 is 0 Å². The molecule has 2 heterocycles. The van der Waals surface area contributed by atoms with Gasteiger partial charge in [-0.2, -0.15) is 20.1 Å². The standard InChI is InChI=1S/C11H17N7O/c1-3-19-7-8(2)14-10-15-9(12)16-11(17-10)18-6-4-5-13-18/h4-6,8H,3,7H2,1-2H3,(H3,12,14,15,16,17). The molecule has 0 aliphatic carbocycles. The maximum atomic E-state index is 5.67. The van der Waals surface area contributed by atoms with Crippen molar-refractivity contribution in [2.24, 2.45) is 0 Å². The van der Waals surface area contributed by atoms with Crippen LogP contribution in [0.2, 0.25) is 0 Å². The number of hydrogen-bond donors (Lipinski definition) is 2. The van der Waals surface area contributed by atoms with Crippen LogP contribution in [0.15, 0.2) is 18.5 Å². The van der Waals surface area contributed by atoms with Crippen molar-refractivity contribution in [3.8, 4) is 5.95 Å². The fourth-order valence-corrected chi connectivity index (χ4v) is 1.49. The minimum absolute atomic E-state index is 0.0761. The first kappa shape index (κ1) is 13.2. The van der Waals surface area contributed by atoms with Crippen LogP contribution in [0.3, 0.4) is 0 Å². The van der Waals surface area contributed by atoms with Gasteiger partial charge in [0.2, 0.25) is 11.9 Å². The summed E-state index contributed by atoms with van der Waals surface area (Å²) >= 11 is 0. The number of nitrogens with two attached hydrogens (primary N) is 1. The number of hydrogen-bond acceptors (Lipinski definition) is 7. The Morgan fingerprint density at radius 2 is 2.26 bits per heavy atom. The molecule has 3 N–H and O–H groups in total. The van der Waals surface area contributed by atoms with E-state index in [1.54, 1.807) is 18.5 Å². The van der Waals surface area contributed by atoms with E-state index in [9.17, 15) is 0 Å². The highest BCUT2D eigenvalue weighted by atomic mass is 16.5. The number of nitrogens with one attached hydrogen (secondary N) is 1. The zero-order chi connectivity index (χ0) is 13.7. The van der Waals surface area contributed by atoms with Crippen molar-refractivity contribution in [2.45, 2.75) is 19.9 Å². The van der Waals surface area contributed by atoms with E-state index in [0.717, 1.165) is 0 Å². The lowest BCUT2D eigenvalue weighted by molar-refractivity contribution is 0.141. The van der Waals surface area contributed by atoms with Gasteiger partial charge in [0.1, 0.15) is 0 Å². The second-order valence-corrected chi connectivity index (χ2v) is 3.97. The van der Waals surface area contributed by atoms with Gasteiger partial charge in [-0.05, 0) is 19.9 Å². The Labute approximate surface area is 111 Å². The molecule has 2 rings (SSSR count). The van der Waals surface area contributed by atoms with Crippen LogP contribution in [0.4, 0.5) is 11.9 Å². The Kier molecular flexibility index (Phi) is 4.24. The van der Waals surface area contributed by atoms with Gasteiger partial charge in [-0.15, -0.1) is 0 Å². The maximum Gasteiger partial charge on any atom is 0.257 e. The van der Waals surface area contributed by atoms with Crippen LogP contribution in [0.1, 0.15) is 13.8 Å². The first-order valence-electron chi connectivity index (χ1n) is 6.05. The lowest BCUT2D eigenvalue weighted by Gasteiger charge is -2.14. The summed E-state index contributed by atoms with van der Waals surface area (Å²) in [6, 6.07) is 1.86. The minimum atomic E-state index is 0.0761. The number of nitrogen functional groups attached to an aromatic ring is 1. The normalized spacial score (nSPS) is 12.3. The van der Waals surface area contributed by atoms with Crippen molar-refractivity contribution in [1.82, 2.24) is 24.7 Å². The van der Waals surface area contributed by atoms with Gasteiger partial charge in [0, 0.05) is 25.0 Å². The summed E-state index contributed by atoms with van der Waals surface area (Å²) in [6.45, 7) is 5.16. The average Bonchev–Trinajstić information content (AvgIpc) is 2.89. The molecule has 0 fully saturated rings. The summed E-state index contributed by atoms with van der Waals surface area (Å²) in [5.41, 5.74) is 5.67. The van der Waals surface area contributed by atoms with Crippen LogP contribution in [0.25, 0.3) is 5.95 Å². The Balaban J connectivity index is 2.13. The van der Waals surface area contributed by atoms with Crippen molar-refractivity contribution in [2.75, 3.05) is 24.3 Å². The summed E-state index contributed by atoms with van der Waals surface area (Å²) in [7, 11) is 0. The first-order valence-corrected chi connectivity index (χ1v) is 6.05. The second kappa shape index (κ2) is 6.10. The number of ether oxygens (including phenoxy) is 1. The fraction of sp³-hybridized carbons (Fsp3) is 0.455. The topological polar surface area (TPSA) is 104 Å². The van der Waals surface area contributed by atoms with Gasteiger partial charge in [0.25, 0.3) is 5.95 Å². The van der Waals surface area contributed by atoms with E-state index in [4.69, 9.17) is 10.5 Å². The van der Waals surface area contributed by atoms with Crippen LogP contribution in [-0.4, -0.2) is 44.0 Å². The molecule has 19 heavy (non-hydrogen) atoms. The molecule has 0 saturated carbocycles. The zero-order valence-corrected chi connectivity index (χ0v) is 10.9. The molecule has 0 aliphatic heterocycles. The molecule has 1 atom stereocenters. The summed E-state index contributed by atoms with van der Waals surface area (Å²) < 4.78 is 6.84. The molecule has 0 aliphatic rings. The number of aromatic nitrogens is 5. The zero-order valence-electron chi connectivity index (χ0n) is 10.9. The molecule has 102 valence electrons. The summed E-state index contributed by atoms with van der Waals surface area (Å²) in [5.74, 6) is 0.931. The number of anilines is 2. The SMILES string of the molecule is CCOCC(C)Nc1nc(N)nc(-n2cccn2)n1. The molecule has 2 aromatic rings. The van der Waals surface area contributed by atoms with Gasteiger partial charge in [-0.25, -0.2) is 4.68 Å². The Morgan fingerprint density at radius 1 is 1.42 bits per heavy atom.